The predicted octanol–water partition coefficient (Wildman–Crippen LogP) is 3.64. The predicted molar refractivity (Wildman–Crippen MR) is 132 cm³/mol. The number of rotatable bonds is 22. The summed E-state index contributed by atoms with van der Waals surface area (Å²) in [5.74, 6) is -0.230. The second-order valence-electron chi connectivity index (χ2n) is 7.95. The van der Waals surface area contributed by atoms with E-state index in [1.165, 1.54) is 70.6 Å². The zero-order valence-electron chi connectivity index (χ0n) is 18.5. The van der Waals surface area contributed by atoms with Crippen LogP contribution >= 0.6 is 0 Å². The molecule has 12 heteroatoms. The molecule has 0 rings (SSSR count). The molecule has 2 N–H and O–H groups in total. The van der Waals surface area contributed by atoms with Crippen LogP contribution in [0.5, 0.6) is 0 Å². The maximum absolute atomic E-state index is 11.3. The number of hydrogen-bond acceptors (Lipinski definition) is 7. The fraction of sp³-hybridized carbons (Fsp3) is 1.00. The third-order valence-corrected chi connectivity index (χ3v) is 6.90. The van der Waals surface area contributed by atoms with Crippen LogP contribution in [0.15, 0.2) is 0 Å². The van der Waals surface area contributed by atoms with Gasteiger partial charge in [-0.1, -0.05) is 96.8 Å². The van der Waals surface area contributed by atoms with E-state index in [4.69, 9.17) is 9.66 Å². The van der Waals surface area contributed by atoms with Crippen LogP contribution in [0.4, 0.5) is 0 Å². The average Bonchev–Trinajstić information content (AvgIpc) is 2.64. The molecule has 0 radical (unpaired) electrons. The van der Waals surface area contributed by atoms with Crippen molar-refractivity contribution >= 4 is 79.9 Å². The van der Waals surface area contributed by atoms with Crippen molar-refractivity contribution in [2.45, 2.75) is 110 Å². The van der Waals surface area contributed by atoms with Crippen molar-refractivity contribution < 1.29 is 34.3 Å². The van der Waals surface area contributed by atoms with Gasteiger partial charge in [0.05, 0.1) is 6.61 Å². The van der Waals surface area contributed by atoms with Crippen molar-refractivity contribution in [2.24, 2.45) is 5.92 Å². The van der Waals surface area contributed by atoms with Gasteiger partial charge in [0.2, 0.25) is 0 Å². The summed E-state index contributed by atoms with van der Waals surface area (Å²) in [6, 6.07) is 0. The zero-order chi connectivity index (χ0) is 22.7. The van der Waals surface area contributed by atoms with Gasteiger partial charge in [-0.2, -0.15) is 16.8 Å². The summed E-state index contributed by atoms with van der Waals surface area (Å²) in [5.41, 5.74) is 0. The molecule has 32 heavy (non-hydrogen) atoms. The van der Waals surface area contributed by atoms with Crippen LogP contribution in [0.2, 0.25) is 0 Å². The van der Waals surface area contributed by atoms with Crippen LogP contribution in [-0.2, 0) is 28.6 Å². The molecule has 0 aromatic heterocycles. The number of aliphatic hydroxyl groups excluding tert-OH is 1. The van der Waals surface area contributed by atoms with Crippen molar-refractivity contribution in [1.29, 1.82) is 0 Å². The molecular weight excluding hydrogens is 478 g/mol. The van der Waals surface area contributed by atoms with Gasteiger partial charge in [0.1, 0.15) is 0 Å². The Kier molecular flexibility index (Phi) is 29.2. The summed E-state index contributed by atoms with van der Waals surface area (Å²) in [6.07, 6.45) is 18.5. The topological polar surface area (TPSA) is 127 Å². The Morgan fingerprint density at radius 2 is 1.09 bits per heavy atom. The molecule has 0 fully saturated rings. The Hall–Kier alpha value is 1.74. The molecule has 186 valence electrons. The minimum atomic E-state index is -5.15. The summed E-state index contributed by atoms with van der Waals surface area (Å²) in [7, 11) is -9.98. The summed E-state index contributed by atoms with van der Waals surface area (Å²) in [6.45, 7) is 1.82. The molecule has 1 atom stereocenters. The van der Waals surface area contributed by atoms with Crippen molar-refractivity contribution in [3.05, 3.63) is 0 Å². The fourth-order valence-corrected chi connectivity index (χ4v) is 4.78. The average molecular weight is 523 g/mol. The van der Waals surface area contributed by atoms with Gasteiger partial charge in [0.25, 0.3) is 0 Å². The van der Waals surface area contributed by atoms with E-state index in [2.05, 4.69) is 14.7 Å². The van der Waals surface area contributed by atoms with Gasteiger partial charge < -0.3 is 5.11 Å². The van der Waals surface area contributed by atoms with Gasteiger partial charge in [0, 0.05) is 6.61 Å². The van der Waals surface area contributed by atoms with Gasteiger partial charge in [-0.25, -0.2) is 4.18 Å². The molecule has 0 aliphatic heterocycles. The first-order valence-corrected chi connectivity index (χ1v) is 14.1. The van der Waals surface area contributed by atoms with E-state index in [0.717, 1.165) is 19.3 Å². The first-order valence-electron chi connectivity index (χ1n) is 11.4. The van der Waals surface area contributed by atoms with Gasteiger partial charge in [-0.3, -0.25) is 4.55 Å². The normalized spacial score (nSPS) is 12.7. The third-order valence-electron chi connectivity index (χ3n) is 5.12. The molecule has 8 nitrogen and oxygen atoms in total. The molecule has 1 unspecified atom stereocenters. The van der Waals surface area contributed by atoms with E-state index in [1.807, 2.05) is 0 Å². The quantitative estimate of drug-likeness (QED) is 0.125. The molecule has 0 aromatic rings. The second kappa shape index (κ2) is 24.4. The SMILES string of the molecule is CCCCCCCCCCCCCCCCC(CCO)COS(=O)(=O)OS(=O)(=O)O.[NaH].[NaH]. The summed E-state index contributed by atoms with van der Waals surface area (Å²) in [5, 5.41) is 9.10. The number of hydrogen-bond donors (Lipinski definition) is 2. The maximum atomic E-state index is 11.3. The van der Waals surface area contributed by atoms with Crippen LogP contribution in [0, 0.1) is 5.92 Å². The van der Waals surface area contributed by atoms with Crippen LogP contribution in [0.1, 0.15) is 110 Å². The van der Waals surface area contributed by atoms with Crippen molar-refractivity contribution in [2.75, 3.05) is 13.2 Å². The summed E-state index contributed by atoms with van der Waals surface area (Å²) in [4.78, 5) is 0. The molecule has 0 aliphatic carbocycles. The Bertz CT molecular complexity index is 601. The molecule has 0 saturated carbocycles. The molecule has 0 bridgehead atoms. The Morgan fingerprint density at radius 1 is 0.688 bits per heavy atom. The van der Waals surface area contributed by atoms with Crippen LogP contribution in [-0.4, -0.2) is 98.8 Å². The van der Waals surface area contributed by atoms with E-state index < -0.39 is 20.8 Å². The molecular formula is C20H44Na2O8S2. The van der Waals surface area contributed by atoms with Gasteiger partial charge in [-0.05, 0) is 18.8 Å². The van der Waals surface area contributed by atoms with E-state index in [1.54, 1.807) is 0 Å². The molecule has 0 amide bonds. The summed E-state index contributed by atoms with van der Waals surface area (Å²) >= 11 is 0. The molecule has 0 aromatic carbocycles. The standard InChI is InChI=1S/C20H42O8S2.2Na.2H/c1-2-3-4-5-6-7-8-9-10-11-12-13-14-15-16-20(17-18-21)19-27-30(25,26)28-29(22,23)24;;;;/h20-21H,2-19H2,1H3,(H,22,23,24);;;;. The van der Waals surface area contributed by atoms with E-state index >= 15 is 0 Å². The first-order chi connectivity index (χ1) is 14.2. The van der Waals surface area contributed by atoms with Gasteiger partial charge >= 0.3 is 79.9 Å². The van der Waals surface area contributed by atoms with E-state index in [0.29, 0.717) is 12.8 Å². The Labute approximate surface area is 240 Å². The zero-order valence-corrected chi connectivity index (χ0v) is 20.1. The molecule has 0 aliphatic rings. The monoisotopic (exact) mass is 522 g/mol. The van der Waals surface area contributed by atoms with Crippen LogP contribution in [0.25, 0.3) is 0 Å². The van der Waals surface area contributed by atoms with E-state index in [-0.39, 0.29) is 78.2 Å². The number of aliphatic hydroxyl groups is 1. The molecule has 0 saturated heterocycles. The molecule has 0 heterocycles. The van der Waals surface area contributed by atoms with Crippen LogP contribution in [0.3, 0.4) is 0 Å². The Balaban J connectivity index is -0.00000420. The Morgan fingerprint density at radius 3 is 1.47 bits per heavy atom. The van der Waals surface area contributed by atoms with Gasteiger partial charge in [0.15, 0.2) is 0 Å². The summed E-state index contributed by atoms with van der Waals surface area (Å²) < 4.78 is 60.0. The van der Waals surface area contributed by atoms with Crippen molar-refractivity contribution in [3.63, 3.8) is 0 Å². The molecule has 0 spiro atoms. The third kappa shape index (κ3) is 28.0. The van der Waals surface area contributed by atoms with E-state index in [9.17, 15) is 16.8 Å². The van der Waals surface area contributed by atoms with Crippen molar-refractivity contribution in [1.82, 2.24) is 0 Å². The van der Waals surface area contributed by atoms with Crippen LogP contribution < -0.4 is 0 Å². The van der Waals surface area contributed by atoms with Crippen molar-refractivity contribution in [3.8, 4) is 0 Å². The fourth-order valence-electron chi connectivity index (χ4n) is 3.43. The minimum absolute atomic E-state index is 0. The second-order valence-corrected chi connectivity index (χ2v) is 10.4. The number of unbranched alkanes of at least 4 members (excludes halogenated alkanes) is 13. The first kappa shape index (κ1) is 38.3. The van der Waals surface area contributed by atoms with Gasteiger partial charge in [-0.15, -0.1) is 3.63 Å².